The summed E-state index contributed by atoms with van der Waals surface area (Å²) in [5.74, 6) is 1.31. The van der Waals surface area contributed by atoms with Gasteiger partial charge in [-0.15, -0.1) is 0 Å². The first kappa shape index (κ1) is 8.09. The summed E-state index contributed by atoms with van der Waals surface area (Å²) in [5.41, 5.74) is 0.397. The Morgan fingerprint density at radius 1 is 1.42 bits per heavy atom. The van der Waals surface area contributed by atoms with Gasteiger partial charge in [0.05, 0.1) is 6.10 Å². The van der Waals surface area contributed by atoms with E-state index in [0.717, 1.165) is 12.3 Å². The molecule has 0 radical (unpaired) electrons. The molecule has 2 heteroatoms. The molecule has 2 rings (SSSR count). The monoisotopic (exact) mass is 168 g/mol. The molecule has 0 aromatic carbocycles. The van der Waals surface area contributed by atoms with Crippen molar-refractivity contribution in [1.82, 2.24) is 0 Å². The van der Waals surface area contributed by atoms with Crippen LogP contribution in [0.5, 0.6) is 0 Å². The lowest BCUT2D eigenvalue weighted by Gasteiger charge is -2.13. The number of carbonyl (C=O) groups is 1. The Morgan fingerprint density at radius 2 is 2.08 bits per heavy atom. The van der Waals surface area contributed by atoms with Crippen molar-refractivity contribution in [1.29, 1.82) is 0 Å². The fourth-order valence-corrected chi connectivity index (χ4v) is 2.59. The summed E-state index contributed by atoms with van der Waals surface area (Å²) in [5, 5.41) is 0. The smallest absolute Gasteiger partial charge is 0.306 e. The van der Waals surface area contributed by atoms with Gasteiger partial charge in [0.15, 0.2) is 0 Å². The van der Waals surface area contributed by atoms with Gasteiger partial charge < -0.3 is 4.74 Å². The highest BCUT2D eigenvalue weighted by Gasteiger charge is 2.59. The zero-order valence-corrected chi connectivity index (χ0v) is 7.96. The second kappa shape index (κ2) is 2.24. The maximum atomic E-state index is 11.2. The first-order valence-corrected chi connectivity index (χ1v) is 4.71. The Bertz CT molecular complexity index is 220. The van der Waals surface area contributed by atoms with Crippen LogP contribution in [0.2, 0.25) is 0 Å². The van der Waals surface area contributed by atoms with Crippen molar-refractivity contribution in [2.75, 3.05) is 0 Å². The van der Waals surface area contributed by atoms with E-state index < -0.39 is 0 Å². The lowest BCUT2D eigenvalue weighted by molar-refractivity contribution is -0.148. The summed E-state index contributed by atoms with van der Waals surface area (Å²) in [6, 6.07) is 0. The average molecular weight is 168 g/mol. The van der Waals surface area contributed by atoms with Gasteiger partial charge in [0.25, 0.3) is 0 Å². The fourth-order valence-electron chi connectivity index (χ4n) is 2.59. The molecule has 0 aromatic rings. The minimum Gasteiger partial charge on any atom is -0.463 e. The highest BCUT2D eigenvalue weighted by Crippen LogP contribution is 2.63. The summed E-state index contributed by atoms with van der Waals surface area (Å²) in [7, 11) is 0. The SMILES string of the molecule is CC1C[C@H]2[C@@H](CC(=O)O1)C2(C)C. The Hall–Kier alpha value is -0.530. The van der Waals surface area contributed by atoms with E-state index in [0.29, 0.717) is 17.8 Å². The van der Waals surface area contributed by atoms with Crippen molar-refractivity contribution in [2.45, 2.75) is 39.7 Å². The van der Waals surface area contributed by atoms with Crippen molar-refractivity contribution in [3.05, 3.63) is 0 Å². The molecular weight excluding hydrogens is 152 g/mol. The van der Waals surface area contributed by atoms with Crippen LogP contribution < -0.4 is 0 Å². The largest absolute Gasteiger partial charge is 0.463 e. The van der Waals surface area contributed by atoms with Crippen LogP contribution in [0.3, 0.4) is 0 Å². The van der Waals surface area contributed by atoms with Gasteiger partial charge in [-0.2, -0.15) is 0 Å². The van der Waals surface area contributed by atoms with Crippen LogP contribution in [0.1, 0.15) is 33.6 Å². The van der Waals surface area contributed by atoms with Gasteiger partial charge in [-0.1, -0.05) is 13.8 Å². The topological polar surface area (TPSA) is 26.3 Å². The second-order valence-electron chi connectivity index (χ2n) is 4.77. The summed E-state index contributed by atoms with van der Waals surface area (Å²) >= 11 is 0. The molecule has 0 bridgehead atoms. The molecule has 3 atom stereocenters. The van der Waals surface area contributed by atoms with Gasteiger partial charge >= 0.3 is 5.97 Å². The van der Waals surface area contributed by atoms with Gasteiger partial charge in [-0.05, 0) is 30.6 Å². The molecule has 1 aliphatic heterocycles. The molecule has 12 heavy (non-hydrogen) atoms. The predicted octanol–water partition coefficient (Wildman–Crippen LogP) is 1.98. The van der Waals surface area contributed by atoms with E-state index in [1.807, 2.05) is 6.92 Å². The lowest BCUT2D eigenvalue weighted by atomic mass is 10.0. The Balaban J connectivity index is 2.11. The number of fused-ring (bicyclic) bond motifs is 1. The number of ether oxygens (including phenoxy) is 1. The highest BCUT2D eigenvalue weighted by molar-refractivity contribution is 5.71. The first-order valence-electron chi connectivity index (χ1n) is 4.71. The number of cyclic esters (lactones) is 1. The summed E-state index contributed by atoms with van der Waals surface area (Å²) in [6.07, 6.45) is 1.83. The standard InChI is InChI=1S/C10H16O2/c1-6-4-7-8(10(7,2)3)5-9(11)12-6/h6-8H,4-5H2,1-3H3/t6?,7-,8+/m0/s1. The van der Waals surface area contributed by atoms with Gasteiger partial charge in [0, 0.05) is 6.42 Å². The predicted molar refractivity (Wildman–Crippen MR) is 45.5 cm³/mol. The number of hydrogen-bond acceptors (Lipinski definition) is 2. The van der Waals surface area contributed by atoms with Gasteiger partial charge in [0.1, 0.15) is 0 Å². The number of hydrogen-bond donors (Lipinski definition) is 0. The zero-order valence-electron chi connectivity index (χ0n) is 7.96. The molecular formula is C10H16O2. The van der Waals surface area contributed by atoms with E-state index in [4.69, 9.17) is 4.74 Å². The van der Waals surface area contributed by atoms with E-state index in [9.17, 15) is 4.79 Å². The third kappa shape index (κ3) is 1.05. The van der Waals surface area contributed by atoms with Crippen LogP contribution in [-0.2, 0) is 9.53 Å². The number of esters is 1. The summed E-state index contributed by atoms with van der Waals surface area (Å²) in [6.45, 7) is 6.51. The molecule has 2 aliphatic rings. The highest BCUT2D eigenvalue weighted by atomic mass is 16.5. The lowest BCUT2D eigenvalue weighted by Crippen LogP contribution is -2.15. The maximum absolute atomic E-state index is 11.2. The molecule has 0 spiro atoms. The summed E-state index contributed by atoms with van der Waals surface area (Å²) < 4.78 is 5.17. The second-order valence-corrected chi connectivity index (χ2v) is 4.77. The van der Waals surface area contributed by atoms with Crippen LogP contribution in [0, 0.1) is 17.3 Å². The van der Waals surface area contributed by atoms with Crippen LogP contribution >= 0.6 is 0 Å². The molecule has 1 unspecified atom stereocenters. The first-order chi connectivity index (χ1) is 5.51. The van der Waals surface area contributed by atoms with Gasteiger partial charge in [-0.3, -0.25) is 4.79 Å². The third-order valence-corrected chi connectivity index (χ3v) is 3.59. The molecule has 1 aliphatic carbocycles. The molecule has 0 aromatic heterocycles. The van der Waals surface area contributed by atoms with E-state index >= 15 is 0 Å². The minimum atomic E-state index is 0.000532. The molecule has 68 valence electrons. The Morgan fingerprint density at radius 3 is 2.75 bits per heavy atom. The molecule has 1 heterocycles. The van der Waals surface area contributed by atoms with Gasteiger partial charge in [0.2, 0.25) is 0 Å². The molecule has 2 fully saturated rings. The van der Waals surface area contributed by atoms with Crippen molar-refractivity contribution < 1.29 is 9.53 Å². The Kier molecular flexibility index (Phi) is 1.51. The molecule has 1 saturated heterocycles. The van der Waals surface area contributed by atoms with E-state index in [1.54, 1.807) is 0 Å². The number of carbonyl (C=O) groups excluding carboxylic acids is 1. The fraction of sp³-hybridized carbons (Fsp3) is 0.900. The molecule has 2 nitrogen and oxygen atoms in total. The van der Waals surface area contributed by atoms with Crippen molar-refractivity contribution >= 4 is 5.97 Å². The van der Waals surface area contributed by atoms with E-state index in [1.165, 1.54) is 0 Å². The minimum absolute atomic E-state index is 0.000532. The zero-order chi connectivity index (χ0) is 8.93. The average Bonchev–Trinajstić information content (AvgIpc) is 2.45. The molecule has 0 N–H and O–H groups in total. The maximum Gasteiger partial charge on any atom is 0.306 e. The van der Waals surface area contributed by atoms with Crippen molar-refractivity contribution in [3.63, 3.8) is 0 Å². The quantitative estimate of drug-likeness (QED) is 0.517. The Labute approximate surface area is 73.3 Å². The normalized spacial score (nSPS) is 44.2. The van der Waals surface area contributed by atoms with Crippen molar-refractivity contribution in [3.8, 4) is 0 Å². The van der Waals surface area contributed by atoms with Crippen LogP contribution in [0.25, 0.3) is 0 Å². The van der Waals surface area contributed by atoms with Crippen LogP contribution in [0.15, 0.2) is 0 Å². The number of rotatable bonds is 0. The van der Waals surface area contributed by atoms with E-state index in [2.05, 4.69) is 13.8 Å². The molecule has 1 saturated carbocycles. The van der Waals surface area contributed by atoms with Crippen LogP contribution in [-0.4, -0.2) is 12.1 Å². The van der Waals surface area contributed by atoms with Gasteiger partial charge in [-0.25, -0.2) is 0 Å². The molecule has 0 amide bonds. The van der Waals surface area contributed by atoms with E-state index in [-0.39, 0.29) is 12.1 Å². The van der Waals surface area contributed by atoms with Crippen molar-refractivity contribution in [2.24, 2.45) is 17.3 Å². The van der Waals surface area contributed by atoms with Crippen LogP contribution in [0.4, 0.5) is 0 Å². The summed E-state index contributed by atoms with van der Waals surface area (Å²) in [4.78, 5) is 11.2. The third-order valence-electron chi connectivity index (χ3n) is 3.59.